The zero-order valence-corrected chi connectivity index (χ0v) is 10.3. The highest BCUT2D eigenvalue weighted by Gasteiger charge is 2.49. The zero-order chi connectivity index (χ0) is 11.9. The van der Waals surface area contributed by atoms with Gasteiger partial charge in [0.2, 0.25) is 0 Å². The Labute approximate surface area is 96.9 Å². The van der Waals surface area contributed by atoms with Crippen LogP contribution in [-0.4, -0.2) is 6.04 Å². The average Bonchev–Trinajstić information content (AvgIpc) is 2.26. The SMILES string of the molecule is CCC1(C)C(N)CC1c1ccc(F)cc1C. The lowest BCUT2D eigenvalue weighted by atomic mass is 9.54. The first-order valence-corrected chi connectivity index (χ1v) is 6.00. The summed E-state index contributed by atoms with van der Waals surface area (Å²) < 4.78 is 13.1. The molecule has 0 aromatic heterocycles. The maximum absolute atomic E-state index is 13.1. The monoisotopic (exact) mass is 221 g/mol. The van der Waals surface area contributed by atoms with Gasteiger partial charge in [-0.25, -0.2) is 4.39 Å². The van der Waals surface area contributed by atoms with E-state index in [-0.39, 0.29) is 17.3 Å². The van der Waals surface area contributed by atoms with Gasteiger partial charge in [-0.05, 0) is 54.4 Å². The smallest absolute Gasteiger partial charge is 0.123 e. The number of hydrogen-bond acceptors (Lipinski definition) is 1. The number of benzene rings is 1. The molecule has 3 unspecified atom stereocenters. The van der Waals surface area contributed by atoms with Gasteiger partial charge in [0.1, 0.15) is 5.82 Å². The van der Waals surface area contributed by atoms with Crippen LogP contribution in [0.3, 0.4) is 0 Å². The van der Waals surface area contributed by atoms with Gasteiger partial charge in [0.25, 0.3) is 0 Å². The van der Waals surface area contributed by atoms with Crippen molar-refractivity contribution in [2.45, 2.75) is 45.6 Å². The second-order valence-electron chi connectivity index (χ2n) is 5.26. The van der Waals surface area contributed by atoms with E-state index < -0.39 is 0 Å². The van der Waals surface area contributed by atoms with Crippen molar-refractivity contribution in [1.82, 2.24) is 0 Å². The van der Waals surface area contributed by atoms with Gasteiger partial charge in [0.05, 0.1) is 0 Å². The molecule has 0 spiro atoms. The normalized spacial score (nSPS) is 33.6. The van der Waals surface area contributed by atoms with Crippen LogP contribution in [0.2, 0.25) is 0 Å². The van der Waals surface area contributed by atoms with Gasteiger partial charge in [-0.2, -0.15) is 0 Å². The summed E-state index contributed by atoms with van der Waals surface area (Å²) in [7, 11) is 0. The Bertz CT molecular complexity index is 402. The molecule has 2 heteroatoms. The summed E-state index contributed by atoms with van der Waals surface area (Å²) in [6, 6.07) is 5.39. The third-order valence-electron chi connectivity index (χ3n) is 4.50. The Balaban J connectivity index is 2.33. The van der Waals surface area contributed by atoms with E-state index in [0.29, 0.717) is 5.92 Å². The van der Waals surface area contributed by atoms with Gasteiger partial charge in [-0.1, -0.05) is 19.9 Å². The number of rotatable bonds is 2. The first kappa shape index (κ1) is 11.6. The highest BCUT2D eigenvalue weighted by atomic mass is 19.1. The van der Waals surface area contributed by atoms with Gasteiger partial charge in [-0.15, -0.1) is 0 Å². The number of nitrogens with two attached hydrogens (primary N) is 1. The van der Waals surface area contributed by atoms with Crippen LogP contribution in [0.25, 0.3) is 0 Å². The van der Waals surface area contributed by atoms with Crippen LogP contribution in [-0.2, 0) is 0 Å². The van der Waals surface area contributed by atoms with Crippen LogP contribution in [0.4, 0.5) is 4.39 Å². The summed E-state index contributed by atoms with van der Waals surface area (Å²) in [5.74, 6) is 0.344. The predicted molar refractivity (Wildman–Crippen MR) is 64.9 cm³/mol. The maximum Gasteiger partial charge on any atom is 0.123 e. The summed E-state index contributed by atoms with van der Waals surface area (Å²) in [6.45, 7) is 6.41. The fourth-order valence-electron chi connectivity index (χ4n) is 2.91. The molecule has 0 saturated heterocycles. The van der Waals surface area contributed by atoms with Crippen molar-refractivity contribution < 1.29 is 4.39 Å². The van der Waals surface area contributed by atoms with Crippen molar-refractivity contribution in [1.29, 1.82) is 0 Å². The molecule has 2 N–H and O–H groups in total. The first-order valence-electron chi connectivity index (χ1n) is 6.00. The van der Waals surface area contributed by atoms with E-state index >= 15 is 0 Å². The van der Waals surface area contributed by atoms with E-state index in [9.17, 15) is 4.39 Å². The minimum absolute atomic E-state index is 0.150. The van der Waals surface area contributed by atoms with E-state index in [4.69, 9.17) is 5.73 Å². The Morgan fingerprint density at radius 2 is 2.19 bits per heavy atom. The molecule has 0 amide bonds. The van der Waals surface area contributed by atoms with Gasteiger partial charge in [0, 0.05) is 6.04 Å². The molecule has 16 heavy (non-hydrogen) atoms. The van der Waals surface area contributed by atoms with Gasteiger partial charge in [0.15, 0.2) is 0 Å². The molecule has 0 heterocycles. The molecule has 1 nitrogen and oxygen atoms in total. The van der Waals surface area contributed by atoms with Crippen molar-refractivity contribution in [2.75, 3.05) is 0 Å². The molecule has 1 aliphatic rings. The summed E-state index contributed by atoms with van der Waals surface area (Å²) >= 11 is 0. The lowest BCUT2D eigenvalue weighted by Gasteiger charge is -2.53. The molecule has 1 aliphatic carbocycles. The second-order valence-corrected chi connectivity index (χ2v) is 5.26. The van der Waals surface area contributed by atoms with Crippen LogP contribution < -0.4 is 5.73 Å². The third kappa shape index (κ3) is 1.56. The highest BCUT2D eigenvalue weighted by molar-refractivity contribution is 5.34. The second kappa shape index (κ2) is 3.85. The molecule has 0 radical (unpaired) electrons. The van der Waals surface area contributed by atoms with Crippen molar-refractivity contribution in [3.63, 3.8) is 0 Å². The highest BCUT2D eigenvalue weighted by Crippen LogP contribution is 2.54. The predicted octanol–water partition coefficient (Wildman–Crippen LogP) is 3.37. The van der Waals surface area contributed by atoms with Crippen LogP contribution in [0.15, 0.2) is 18.2 Å². The van der Waals surface area contributed by atoms with Crippen molar-refractivity contribution in [3.8, 4) is 0 Å². The average molecular weight is 221 g/mol. The summed E-state index contributed by atoms with van der Waals surface area (Å²) in [6.07, 6.45) is 2.10. The Hall–Kier alpha value is -0.890. The summed E-state index contributed by atoms with van der Waals surface area (Å²) in [5, 5.41) is 0. The number of aryl methyl sites for hydroxylation is 1. The maximum atomic E-state index is 13.1. The topological polar surface area (TPSA) is 26.0 Å². The molecule has 0 bridgehead atoms. The molecule has 3 atom stereocenters. The fourth-order valence-corrected chi connectivity index (χ4v) is 2.91. The molecule has 0 aliphatic heterocycles. The van der Waals surface area contributed by atoms with Gasteiger partial charge >= 0.3 is 0 Å². The summed E-state index contributed by atoms with van der Waals surface area (Å²) in [5.41, 5.74) is 8.61. The van der Waals surface area contributed by atoms with Crippen LogP contribution in [0, 0.1) is 18.2 Å². The van der Waals surface area contributed by atoms with Crippen LogP contribution in [0.5, 0.6) is 0 Å². The largest absolute Gasteiger partial charge is 0.327 e. The lowest BCUT2D eigenvalue weighted by Crippen LogP contribution is -2.54. The van der Waals surface area contributed by atoms with E-state index in [1.165, 1.54) is 5.56 Å². The lowest BCUT2D eigenvalue weighted by molar-refractivity contribution is 0.0701. The minimum Gasteiger partial charge on any atom is -0.327 e. The summed E-state index contributed by atoms with van der Waals surface area (Å²) in [4.78, 5) is 0. The Morgan fingerprint density at radius 3 is 2.69 bits per heavy atom. The van der Waals surface area contributed by atoms with Crippen molar-refractivity contribution >= 4 is 0 Å². The molecule has 1 aromatic carbocycles. The molecular formula is C14H20FN. The molecule has 1 aromatic rings. The van der Waals surface area contributed by atoms with E-state index in [1.54, 1.807) is 12.1 Å². The molecule has 1 fully saturated rings. The van der Waals surface area contributed by atoms with Gasteiger partial charge < -0.3 is 5.73 Å². The molecular weight excluding hydrogens is 201 g/mol. The van der Waals surface area contributed by atoms with Crippen molar-refractivity contribution in [3.05, 3.63) is 35.1 Å². The molecule has 1 saturated carbocycles. The van der Waals surface area contributed by atoms with E-state index in [1.807, 2.05) is 13.0 Å². The number of halogens is 1. The quantitative estimate of drug-likeness (QED) is 0.814. The number of hydrogen-bond donors (Lipinski definition) is 1. The van der Waals surface area contributed by atoms with E-state index in [2.05, 4.69) is 13.8 Å². The van der Waals surface area contributed by atoms with Crippen molar-refractivity contribution in [2.24, 2.45) is 11.1 Å². The molecule has 88 valence electrons. The van der Waals surface area contributed by atoms with Crippen LogP contribution >= 0.6 is 0 Å². The Kier molecular flexibility index (Phi) is 2.79. The van der Waals surface area contributed by atoms with E-state index in [0.717, 1.165) is 18.4 Å². The van der Waals surface area contributed by atoms with Gasteiger partial charge in [-0.3, -0.25) is 0 Å². The Morgan fingerprint density at radius 1 is 1.50 bits per heavy atom. The first-order chi connectivity index (χ1) is 7.49. The minimum atomic E-state index is -0.150. The standard InChI is InChI=1S/C14H20FN/c1-4-14(3)12(8-13(14)16)11-6-5-10(15)7-9(11)2/h5-7,12-13H,4,8,16H2,1-3H3. The zero-order valence-electron chi connectivity index (χ0n) is 10.3. The third-order valence-corrected chi connectivity index (χ3v) is 4.50. The fraction of sp³-hybridized carbons (Fsp3) is 0.571. The molecule has 2 rings (SSSR count). The van der Waals surface area contributed by atoms with Crippen LogP contribution in [0.1, 0.15) is 43.7 Å².